The number of rotatable bonds is 8. The van der Waals surface area contributed by atoms with E-state index in [1.165, 1.54) is 7.11 Å². The number of hydrogen-bond donors (Lipinski definition) is 2. The number of ether oxygens (including phenoxy) is 1. The summed E-state index contributed by atoms with van der Waals surface area (Å²) < 4.78 is 5.92. The fourth-order valence-electron chi connectivity index (χ4n) is 2.46. The number of para-hydroxylation sites is 1. The first-order valence-corrected chi connectivity index (χ1v) is 8.98. The van der Waals surface area contributed by atoms with E-state index in [1.54, 1.807) is 36.0 Å². The van der Waals surface area contributed by atoms with Crippen molar-refractivity contribution < 1.29 is 9.53 Å². The van der Waals surface area contributed by atoms with Crippen molar-refractivity contribution in [2.75, 3.05) is 32.3 Å². The van der Waals surface area contributed by atoms with E-state index < -0.39 is 17.3 Å². The van der Waals surface area contributed by atoms with Crippen molar-refractivity contribution in [3.8, 4) is 0 Å². The first-order chi connectivity index (χ1) is 11.6. The second-order valence-electron chi connectivity index (χ2n) is 5.23. The molecule has 0 aliphatic carbocycles. The van der Waals surface area contributed by atoms with E-state index >= 15 is 0 Å². The Morgan fingerprint density at radius 1 is 1.38 bits per heavy atom. The molecule has 0 saturated carbocycles. The van der Waals surface area contributed by atoms with Gasteiger partial charge >= 0.3 is 5.69 Å². The van der Waals surface area contributed by atoms with Crippen LogP contribution in [0.3, 0.4) is 0 Å². The normalized spacial score (nSPS) is 12.2. The number of methoxy groups -OCH3 is 1. The summed E-state index contributed by atoms with van der Waals surface area (Å²) in [7, 11) is 1.54. The number of aromatic amines is 1. The predicted molar refractivity (Wildman–Crippen MR) is 95.8 cm³/mol. The van der Waals surface area contributed by atoms with Crippen LogP contribution in [0.5, 0.6) is 0 Å². The molecule has 1 atom stereocenters. The highest BCUT2D eigenvalue weighted by Gasteiger charge is 2.24. The van der Waals surface area contributed by atoms with Crippen LogP contribution < -0.4 is 16.6 Å². The van der Waals surface area contributed by atoms with Crippen LogP contribution in [0.25, 0.3) is 10.9 Å². The van der Waals surface area contributed by atoms with E-state index in [9.17, 15) is 14.4 Å². The number of carbonyl (C=O) groups is 1. The summed E-state index contributed by atoms with van der Waals surface area (Å²) in [4.78, 5) is 40.3. The number of H-pyrrole nitrogens is 1. The first kappa shape index (κ1) is 18.3. The minimum Gasteiger partial charge on any atom is -0.383 e. The highest BCUT2D eigenvalue weighted by Crippen LogP contribution is 2.13. The molecule has 0 spiro atoms. The highest BCUT2D eigenvalue weighted by atomic mass is 32.2. The Kier molecular flexibility index (Phi) is 6.62. The monoisotopic (exact) mass is 351 g/mol. The van der Waals surface area contributed by atoms with Gasteiger partial charge in [-0.1, -0.05) is 12.1 Å². The van der Waals surface area contributed by atoms with Crippen molar-refractivity contribution >= 4 is 28.6 Å². The first-order valence-electron chi connectivity index (χ1n) is 7.59. The van der Waals surface area contributed by atoms with Crippen LogP contribution in [0.15, 0.2) is 33.9 Å². The fraction of sp³-hybridized carbons (Fsp3) is 0.438. The number of thioether (sulfide) groups is 1. The van der Waals surface area contributed by atoms with Crippen LogP contribution in [-0.4, -0.2) is 47.7 Å². The van der Waals surface area contributed by atoms with E-state index in [0.29, 0.717) is 36.2 Å². The summed E-state index contributed by atoms with van der Waals surface area (Å²) >= 11 is 1.55. The molecule has 8 heteroatoms. The van der Waals surface area contributed by atoms with Gasteiger partial charge in [-0.15, -0.1) is 0 Å². The van der Waals surface area contributed by atoms with Crippen LogP contribution in [-0.2, 0) is 9.53 Å². The summed E-state index contributed by atoms with van der Waals surface area (Å²) in [6.07, 6.45) is 2.30. The Balaban J connectivity index is 2.45. The molecule has 7 nitrogen and oxygen atoms in total. The third kappa shape index (κ3) is 4.07. The number of amides is 1. The standard InChI is InChI=1S/C16H21N3O4S/c1-23-9-8-17-14(20)13(7-10-24-2)19-15(21)11-5-3-4-6-12(11)18-16(19)22/h3-6,13H,7-10H2,1-2H3,(H,17,20)(H,18,22)/t13-/m0/s1. The van der Waals surface area contributed by atoms with Crippen molar-refractivity contribution in [2.45, 2.75) is 12.5 Å². The molecular weight excluding hydrogens is 330 g/mol. The van der Waals surface area contributed by atoms with Crippen LogP contribution in [0, 0.1) is 0 Å². The largest absolute Gasteiger partial charge is 0.383 e. The van der Waals surface area contributed by atoms with Crippen molar-refractivity contribution in [2.24, 2.45) is 0 Å². The van der Waals surface area contributed by atoms with E-state index in [4.69, 9.17) is 4.74 Å². The molecule has 2 rings (SSSR count). The zero-order chi connectivity index (χ0) is 17.5. The lowest BCUT2D eigenvalue weighted by atomic mass is 10.2. The van der Waals surface area contributed by atoms with Gasteiger partial charge in [0.25, 0.3) is 5.56 Å². The lowest BCUT2D eigenvalue weighted by Gasteiger charge is -2.18. The molecule has 130 valence electrons. The van der Waals surface area contributed by atoms with Crippen LogP contribution in [0.1, 0.15) is 12.5 Å². The minimum atomic E-state index is -0.852. The third-order valence-corrected chi connectivity index (χ3v) is 4.30. The molecule has 2 N–H and O–H groups in total. The van der Waals surface area contributed by atoms with E-state index in [0.717, 1.165) is 4.57 Å². The highest BCUT2D eigenvalue weighted by molar-refractivity contribution is 7.98. The number of nitrogens with one attached hydrogen (secondary N) is 2. The molecule has 0 aliphatic rings. The Bertz CT molecular complexity index is 815. The number of nitrogens with zero attached hydrogens (tertiary/aromatic N) is 1. The van der Waals surface area contributed by atoms with Gasteiger partial charge in [-0.2, -0.15) is 11.8 Å². The van der Waals surface area contributed by atoms with E-state index in [1.807, 2.05) is 6.26 Å². The fourth-order valence-corrected chi connectivity index (χ4v) is 2.92. The molecule has 0 saturated heterocycles. The van der Waals surface area contributed by atoms with Crippen LogP contribution in [0.4, 0.5) is 0 Å². The second kappa shape index (κ2) is 8.70. The summed E-state index contributed by atoms with van der Waals surface area (Å²) in [5.74, 6) is 0.296. The average molecular weight is 351 g/mol. The smallest absolute Gasteiger partial charge is 0.329 e. The number of aromatic nitrogens is 2. The van der Waals surface area contributed by atoms with E-state index in [-0.39, 0.29) is 5.91 Å². The molecule has 0 radical (unpaired) electrons. The topological polar surface area (TPSA) is 93.2 Å². The number of benzene rings is 1. The molecule has 1 aromatic heterocycles. The third-order valence-electron chi connectivity index (χ3n) is 3.65. The van der Waals surface area contributed by atoms with Crippen molar-refractivity contribution in [3.05, 3.63) is 45.1 Å². The maximum absolute atomic E-state index is 12.7. The zero-order valence-electron chi connectivity index (χ0n) is 13.7. The van der Waals surface area contributed by atoms with Gasteiger partial charge in [-0.05, 0) is 30.6 Å². The molecule has 0 bridgehead atoms. The van der Waals surface area contributed by atoms with Crippen molar-refractivity contribution in [3.63, 3.8) is 0 Å². The average Bonchev–Trinajstić information content (AvgIpc) is 2.57. The number of fused-ring (bicyclic) bond motifs is 1. The molecule has 2 aromatic rings. The zero-order valence-corrected chi connectivity index (χ0v) is 14.5. The molecule has 1 aromatic carbocycles. The summed E-state index contributed by atoms with van der Waals surface area (Å²) in [5.41, 5.74) is -0.568. The molecular formula is C16H21N3O4S. The summed E-state index contributed by atoms with van der Waals surface area (Å²) in [6, 6.07) is 5.92. The quantitative estimate of drug-likeness (QED) is 0.685. The molecule has 24 heavy (non-hydrogen) atoms. The maximum Gasteiger partial charge on any atom is 0.329 e. The molecule has 0 aliphatic heterocycles. The second-order valence-corrected chi connectivity index (χ2v) is 6.22. The lowest BCUT2D eigenvalue weighted by Crippen LogP contribution is -2.45. The van der Waals surface area contributed by atoms with Gasteiger partial charge in [0.2, 0.25) is 5.91 Å². The van der Waals surface area contributed by atoms with Gasteiger partial charge in [0.05, 0.1) is 17.5 Å². The van der Waals surface area contributed by atoms with Gasteiger partial charge in [-0.25, -0.2) is 9.36 Å². The Morgan fingerprint density at radius 2 is 2.12 bits per heavy atom. The molecule has 1 heterocycles. The van der Waals surface area contributed by atoms with Gasteiger partial charge in [0.15, 0.2) is 0 Å². The SMILES string of the molecule is COCCNC(=O)[C@H](CCSC)n1c(=O)[nH]c2ccccc2c1=O. The Labute approximate surface area is 143 Å². The number of carbonyl (C=O) groups excluding carboxylic acids is 1. The van der Waals surface area contributed by atoms with Crippen molar-refractivity contribution in [1.29, 1.82) is 0 Å². The van der Waals surface area contributed by atoms with Crippen molar-refractivity contribution in [1.82, 2.24) is 14.9 Å². The van der Waals surface area contributed by atoms with Gasteiger partial charge < -0.3 is 15.0 Å². The molecule has 0 fully saturated rings. The van der Waals surface area contributed by atoms with Crippen LogP contribution >= 0.6 is 11.8 Å². The number of hydrogen-bond acceptors (Lipinski definition) is 5. The maximum atomic E-state index is 12.7. The Morgan fingerprint density at radius 3 is 2.83 bits per heavy atom. The molecule has 1 amide bonds. The predicted octanol–water partition coefficient (Wildman–Crippen LogP) is 0.747. The van der Waals surface area contributed by atoms with Crippen LogP contribution in [0.2, 0.25) is 0 Å². The lowest BCUT2D eigenvalue weighted by molar-refractivity contribution is -0.124. The Hall–Kier alpha value is -2.06. The minimum absolute atomic E-state index is 0.325. The molecule has 0 unspecified atom stereocenters. The summed E-state index contributed by atoms with van der Waals surface area (Å²) in [5, 5.41) is 3.09. The van der Waals surface area contributed by atoms with Gasteiger partial charge in [-0.3, -0.25) is 9.59 Å². The van der Waals surface area contributed by atoms with Gasteiger partial charge in [0.1, 0.15) is 6.04 Å². The van der Waals surface area contributed by atoms with Gasteiger partial charge in [0, 0.05) is 13.7 Å². The van der Waals surface area contributed by atoms with E-state index in [2.05, 4.69) is 10.3 Å². The summed E-state index contributed by atoms with van der Waals surface area (Å²) in [6.45, 7) is 0.690.